The second-order valence-corrected chi connectivity index (χ2v) is 2.97. The zero-order valence-electron chi connectivity index (χ0n) is 8.18. The van der Waals surface area contributed by atoms with E-state index in [1.54, 1.807) is 7.11 Å². The van der Waals surface area contributed by atoms with Crippen LogP contribution in [0, 0.1) is 0 Å². The molecule has 1 unspecified atom stereocenters. The second kappa shape index (κ2) is 8.97. The minimum atomic E-state index is 0.201. The number of ether oxygens (including phenoxy) is 1. The first-order chi connectivity index (χ1) is 5.85. The maximum absolute atomic E-state index is 8.61. The monoisotopic (exact) mass is 175 g/mol. The molecule has 0 aromatic rings. The van der Waals surface area contributed by atoms with Gasteiger partial charge in [0.1, 0.15) is 0 Å². The minimum absolute atomic E-state index is 0.201. The Balaban J connectivity index is 3.40. The van der Waals surface area contributed by atoms with Crippen LogP contribution in [0.1, 0.15) is 26.2 Å². The standard InChI is InChI=1S/C9H21NO2/c1-3-4-5-9(8-12-2)10-6-7-11/h9-11H,3-8H2,1-2H3. The van der Waals surface area contributed by atoms with Crippen LogP contribution in [0.25, 0.3) is 0 Å². The topological polar surface area (TPSA) is 41.5 Å². The predicted octanol–water partition coefficient (Wildman–Crippen LogP) is 0.774. The van der Waals surface area contributed by atoms with Gasteiger partial charge in [0.25, 0.3) is 0 Å². The van der Waals surface area contributed by atoms with Gasteiger partial charge in [-0.25, -0.2) is 0 Å². The fraction of sp³-hybridized carbons (Fsp3) is 1.00. The Hall–Kier alpha value is -0.120. The van der Waals surface area contributed by atoms with E-state index < -0.39 is 0 Å². The molecule has 0 bridgehead atoms. The third-order valence-corrected chi connectivity index (χ3v) is 1.82. The van der Waals surface area contributed by atoms with Crippen LogP contribution in [0.15, 0.2) is 0 Å². The summed E-state index contributed by atoms with van der Waals surface area (Å²) in [6, 6.07) is 0.405. The van der Waals surface area contributed by atoms with Gasteiger partial charge in [0.05, 0.1) is 13.2 Å². The fourth-order valence-corrected chi connectivity index (χ4v) is 1.16. The molecule has 0 aliphatic heterocycles. The van der Waals surface area contributed by atoms with E-state index in [1.165, 1.54) is 12.8 Å². The van der Waals surface area contributed by atoms with Crippen LogP contribution in [-0.4, -0.2) is 38.0 Å². The Morgan fingerprint density at radius 2 is 2.25 bits per heavy atom. The number of hydrogen-bond acceptors (Lipinski definition) is 3. The maximum atomic E-state index is 8.61. The van der Waals surface area contributed by atoms with Crippen molar-refractivity contribution in [3.05, 3.63) is 0 Å². The van der Waals surface area contributed by atoms with E-state index >= 15 is 0 Å². The van der Waals surface area contributed by atoms with Crippen molar-refractivity contribution in [1.82, 2.24) is 5.32 Å². The molecule has 0 fully saturated rings. The summed E-state index contributed by atoms with van der Waals surface area (Å²) in [5.41, 5.74) is 0. The normalized spacial score (nSPS) is 13.2. The van der Waals surface area contributed by atoms with E-state index in [9.17, 15) is 0 Å². The first-order valence-corrected chi connectivity index (χ1v) is 4.68. The smallest absolute Gasteiger partial charge is 0.0615 e. The van der Waals surface area contributed by atoms with Crippen LogP contribution in [0.2, 0.25) is 0 Å². The highest BCUT2D eigenvalue weighted by atomic mass is 16.5. The van der Waals surface area contributed by atoms with Gasteiger partial charge < -0.3 is 15.2 Å². The van der Waals surface area contributed by atoms with Gasteiger partial charge >= 0.3 is 0 Å². The number of nitrogens with one attached hydrogen (secondary N) is 1. The zero-order valence-corrected chi connectivity index (χ0v) is 8.18. The lowest BCUT2D eigenvalue weighted by atomic mass is 10.1. The molecule has 0 amide bonds. The largest absolute Gasteiger partial charge is 0.395 e. The molecule has 2 N–H and O–H groups in total. The fourth-order valence-electron chi connectivity index (χ4n) is 1.16. The average molecular weight is 175 g/mol. The Morgan fingerprint density at radius 3 is 2.75 bits per heavy atom. The van der Waals surface area contributed by atoms with Crippen molar-refractivity contribution < 1.29 is 9.84 Å². The van der Waals surface area contributed by atoms with Crippen molar-refractivity contribution in [2.45, 2.75) is 32.2 Å². The number of rotatable bonds is 8. The van der Waals surface area contributed by atoms with E-state index in [0.29, 0.717) is 12.6 Å². The molecular weight excluding hydrogens is 154 g/mol. The summed E-state index contributed by atoms with van der Waals surface area (Å²) in [4.78, 5) is 0. The van der Waals surface area contributed by atoms with Gasteiger partial charge in [0.15, 0.2) is 0 Å². The van der Waals surface area contributed by atoms with Crippen LogP contribution in [0.3, 0.4) is 0 Å². The number of aliphatic hydroxyl groups is 1. The molecule has 1 atom stereocenters. The molecular formula is C9H21NO2. The Labute approximate surface area is 75.1 Å². The summed E-state index contributed by atoms with van der Waals surface area (Å²) in [6.07, 6.45) is 3.55. The summed E-state index contributed by atoms with van der Waals surface area (Å²) in [5.74, 6) is 0. The number of unbranched alkanes of at least 4 members (excludes halogenated alkanes) is 1. The van der Waals surface area contributed by atoms with Crippen molar-refractivity contribution in [3.63, 3.8) is 0 Å². The molecule has 0 heterocycles. The van der Waals surface area contributed by atoms with Gasteiger partial charge in [-0.15, -0.1) is 0 Å². The molecule has 3 nitrogen and oxygen atoms in total. The Bertz CT molecular complexity index is 80.6. The first-order valence-electron chi connectivity index (χ1n) is 4.68. The van der Waals surface area contributed by atoms with Gasteiger partial charge in [0, 0.05) is 19.7 Å². The van der Waals surface area contributed by atoms with E-state index in [1.807, 2.05) is 0 Å². The number of methoxy groups -OCH3 is 1. The highest BCUT2D eigenvalue weighted by molar-refractivity contribution is 4.65. The molecule has 74 valence electrons. The molecule has 0 aliphatic carbocycles. The van der Waals surface area contributed by atoms with E-state index in [4.69, 9.17) is 9.84 Å². The summed E-state index contributed by atoms with van der Waals surface area (Å²) in [7, 11) is 1.71. The molecule has 0 radical (unpaired) electrons. The molecule has 0 aromatic carbocycles. The van der Waals surface area contributed by atoms with Crippen LogP contribution in [-0.2, 0) is 4.74 Å². The third-order valence-electron chi connectivity index (χ3n) is 1.82. The highest BCUT2D eigenvalue weighted by Crippen LogP contribution is 2.00. The lowest BCUT2D eigenvalue weighted by Gasteiger charge is -2.16. The Morgan fingerprint density at radius 1 is 1.50 bits per heavy atom. The zero-order chi connectivity index (χ0) is 9.23. The predicted molar refractivity (Wildman–Crippen MR) is 50.3 cm³/mol. The van der Waals surface area contributed by atoms with Crippen LogP contribution >= 0.6 is 0 Å². The SMILES string of the molecule is CCCCC(COC)NCCO. The lowest BCUT2D eigenvalue weighted by molar-refractivity contribution is 0.157. The lowest BCUT2D eigenvalue weighted by Crippen LogP contribution is -2.35. The quantitative estimate of drug-likeness (QED) is 0.572. The van der Waals surface area contributed by atoms with Gasteiger partial charge in [-0.2, -0.15) is 0 Å². The molecule has 0 saturated heterocycles. The van der Waals surface area contributed by atoms with Crippen molar-refractivity contribution in [1.29, 1.82) is 0 Å². The van der Waals surface area contributed by atoms with Crippen molar-refractivity contribution in [3.8, 4) is 0 Å². The summed E-state index contributed by atoms with van der Waals surface area (Å²) in [6.45, 7) is 3.78. The number of hydrogen-bond donors (Lipinski definition) is 2. The molecule has 0 saturated carbocycles. The summed E-state index contributed by atoms with van der Waals surface area (Å²) in [5, 5.41) is 11.8. The van der Waals surface area contributed by atoms with Gasteiger partial charge in [-0.1, -0.05) is 19.8 Å². The van der Waals surface area contributed by atoms with Gasteiger partial charge in [0.2, 0.25) is 0 Å². The molecule has 0 aliphatic rings. The van der Waals surface area contributed by atoms with E-state index in [2.05, 4.69) is 12.2 Å². The molecule has 3 heteroatoms. The maximum Gasteiger partial charge on any atom is 0.0615 e. The van der Waals surface area contributed by atoms with Crippen LogP contribution in [0.5, 0.6) is 0 Å². The van der Waals surface area contributed by atoms with Crippen molar-refractivity contribution >= 4 is 0 Å². The molecule has 12 heavy (non-hydrogen) atoms. The van der Waals surface area contributed by atoms with E-state index in [0.717, 1.165) is 13.0 Å². The van der Waals surface area contributed by atoms with Gasteiger partial charge in [-0.05, 0) is 6.42 Å². The first kappa shape index (κ1) is 11.9. The molecule has 0 spiro atoms. The van der Waals surface area contributed by atoms with E-state index in [-0.39, 0.29) is 6.61 Å². The molecule has 0 aromatic heterocycles. The van der Waals surface area contributed by atoms with Crippen LogP contribution < -0.4 is 5.32 Å². The summed E-state index contributed by atoms with van der Waals surface area (Å²) >= 11 is 0. The Kier molecular flexibility index (Phi) is 8.88. The van der Waals surface area contributed by atoms with Crippen molar-refractivity contribution in [2.24, 2.45) is 0 Å². The molecule has 0 rings (SSSR count). The van der Waals surface area contributed by atoms with Crippen LogP contribution in [0.4, 0.5) is 0 Å². The number of aliphatic hydroxyl groups excluding tert-OH is 1. The minimum Gasteiger partial charge on any atom is -0.395 e. The summed E-state index contributed by atoms with van der Waals surface area (Å²) < 4.78 is 5.05. The third kappa shape index (κ3) is 6.58. The second-order valence-electron chi connectivity index (χ2n) is 2.97. The van der Waals surface area contributed by atoms with Crippen molar-refractivity contribution in [2.75, 3.05) is 26.9 Å². The van der Waals surface area contributed by atoms with Gasteiger partial charge in [-0.3, -0.25) is 0 Å². The highest BCUT2D eigenvalue weighted by Gasteiger charge is 2.05. The average Bonchev–Trinajstić information content (AvgIpc) is 2.10.